The second-order valence-electron chi connectivity index (χ2n) is 2.58. The summed E-state index contributed by atoms with van der Waals surface area (Å²) in [7, 11) is 0. The number of carbonyl (C=O) groups is 3. The molecule has 0 rings (SSSR count). The smallest absolute Gasteiger partial charge is 0.327 e. The summed E-state index contributed by atoms with van der Waals surface area (Å²) in [4.78, 5) is 27.8. The third-order valence-corrected chi connectivity index (χ3v) is 0.524. The predicted molar refractivity (Wildman–Crippen MR) is 91.8 cm³/mol. The van der Waals surface area contributed by atoms with Crippen molar-refractivity contribution in [3.05, 3.63) is 38.0 Å². The molecule has 0 unspecified atom stereocenters. The summed E-state index contributed by atoms with van der Waals surface area (Å²) < 4.78 is 0. The van der Waals surface area contributed by atoms with Crippen LogP contribution < -0.4 is 0 Å². The van der Waals surface area contributed by atoms with Crippen molar-refractivity contribution in [3.63, 3.8) is 0 Å². The standard InChI is InChI=1S/3C3H4O2.3C2H6O/c3*1-2-3(4)5;3*1-2-3/h3*2H,1H2,(H,4,5);3*3H,2H2,1H3. The van der Waals surface area contributed by atoms with Gasteiger partial charge in [-0.3, -0.25) is 0 Å². The van der Waals surface area contributed by atoms with Crippen molar-refractivity contribution in [2.75, 3.05) is 19.8 Å². The number of carboxylic acids is 3. The first-order valence-corrected chi connectivity index (χ1v) is 6.44. The molecule has 0 spiro atoms. The fraction of sp³-hybridized carbons (Fsp3) is 0.400. The Bertz CT molecular complexity index is 252. The highest BCUT2D eigenvalue weighted by atomic mass is 16.4. The molecule has 0 radical (unpaired) electrons. The Morgan fingerprint density at radius 3 is 0.667 bits per heavy atom. The minimum Gasteiger partial charge on any atom is -0.478 e. The lowest BCUT2D eigenvalue weighted by molar-refractivity contribution is -0.132. The minimum absolute atomic E-state index is 0.250. The summed E-state index contributed by atoms with van der Waals surface area (Å²) in [5, 5.41) is 45.5. The molecule has 0 aromatic carbocycles. The van der Waals surface area contributed by atoms with E-state index >= 15 is 0 Å². The van der Waals surface area contributed by atoms with Gasteiger partial charge in [0.15, 0.2) is 0 Å². The van der Waals surface area contributed by atoms with Gasteiger partial charge in [-0.15, -0.1) is 0 Å². The zero-order valence-corrected chi connectivity index (χ0v) is 14.4. The highest BCUT2D eigenvalue weighted by Crippen LogP contribution is 1.55. The zero-order chi connectivity index (χ0) is 21.0. The maximum absolute atomic E-state index is 9.25. The van der Waals surface area contributed by atoms with Crippen LogP contribution >= 0.6 is 0 Å². The molecule has 0 saturated carbocycles. The normalized spacial score (nSPS) is 6.25. The fourth-order valence-electron chi connectivity index (χ4n) is 0. The second-order valence-corrected chi connectivity index (χ2v) is 2.58. The molecule has 9 heteroatoms. The van der Waals surface area contributed by atoms with E-state index in [0.717, 1.165) is 18.2 Å². The minimum atomic E-state index is -0.981. The van der Waals surface area contributed by atoms with E-state index in [1.807, 2.05) is 0 Å². The Kier molecular flexibility index (Phi) is 78.2. The van der Waals surface area contributed by atoms with Crippen molar-refractivity contribution in [1.82, 2.24) is 0 Å². The van der Waals surface area contributed by atoms with Crippen LogP contribution in [0, 0.1) is 0 Å². The first-order chi connectivity index (χ1) is 11.1. The molecule has 9 nitrogen and oxygen atoms in total. The number of aliphatic hydroxyl groups is 3. The topological polar surface area (TPSA) is 173 Å². The van der Waals surface area contributed by atoms with Crippen molar-refractivity contribution >= 4 is 17.9 Å². The van der Waals surface area contributed by atoms with Crippen LogP contribution in [-0.2, 0) is 14.4 Å². The molecule has 0 fully saturated rings. The first kappa shape index (κ1) is 37.6. The van der Waals surface area contributed by atoms with Gasteiger partial charge in [0.25, 0.3) is 0 Å². The molecule has 0 aromatic rings. The number of aliphatic carboxylic acids is 3. The SMILES string of the molecule is C=CC(=O)O.C=CC(=O)O.C=CC(=O)O.CCO.CCO.CCO. The molecular weight excluding hydrogens is 324 g/mol. The summed E-state index contributed by atoms with van der Waals surface area (Å²) in [5.74, 6) is -2.94. The highest BCUT2D eigenvalue weighted by molar-refractivity contribution is 5.79. The van der Waals surface area contributed by atoms with Gasteiger partial charge in [-0.25, -0.2) is 14.4 Å². The number of hydrogen-bond donors (Lipinski definition) is 6. The molecule has 0 bridgehead atoms. The van der Waals surface area contributed by atoms with Gasteiger partial charge in [0.2, 0.25) is 0 Å². The van der Waals surface area contributed by atoms with Crippen molar-refractivity contribution < 1.29 is 45.0 Å². The van der Waals surface area contributed by atoms with Gasteiger partial charge in [-0.1, -0.05) is 19.7 Å². The lowest BCUT2D eigenvalue weighted by atomic mass is 10.7. The second kappa shape index (κ2) is 49.9. The Labute approximate surface area is 142 Å². The third kappa shape index (κ3) is 543. The summed E-state index contributed by atoms with van der Waals surface area (Å²) in [6, 6.07) is 0. The van der Waals surface area contributed by atoms with Crippen molar-refractivity contribution in [3.8, 4) is 0 Å². The van der Waals surface area contributed by atoms with E-state index in [0.29, 0.717) is 0 Å². The molecule has 0 atom stereocenters. The maximum Gasteiger partial charge on any atom is 0.327 e. The van der Waals surface area contributed by atoms with E-state index in [1.165, 1.54) is 0 Å². The van der Waals surface area contributed by atoms with Crippen molar-refractivity contribution in [2.45, 2.75) is 20.8 Å². The van der Waals surface area contributed by atoms with Crippen LogP contribution in [0.2, 0.25) is 0 Å². The van der Waals surface area contributed by atoms with E-state index in [-0.39, 0.29) is 19.8 Å². The Morgan fingerprint density at radius 1 is 0.625 bits per heavy atom. The Balaban J connectivity index is -0.0000000413. The third-order valence-electron chi connectivity index (χ3n) is 0.524. The molecule has 0 heterocycles. The predicted octanol–water partition coefficient (Wildman–Crippen LogP) is 0.767. The number of aliphatic hydroxyl groups excluding tert-OH is 3. The van der Waals surface area contributed by atoms with E-state index in [2.05, 4.69) is 19.7 Å². The fourth-order valence-corrected chi connectivity index (χ4v) is 0. The lowest BCUT2D eigenvalue weighted by Crippen LogP contribution is -1.82. The highest BCUT2D eigenvalue weighted by Gasteiger charge is 1.74. The van der Waals surface area contributed by atoms with Crippen LogP contribution in [0.3, 0.4) is 0 Å². The average Bonchev–Trinajstić information content (AvgIpc) is 2.50. The molecule has 0 saturated heterocycles. The van der Waals surface area contributed by atoms with E-state index in [1.54, 1.807) is 20.8 Å². The van der Waals surface area contributed by atoms with Crippen LogP contribution in [0.5, 0.6) is 0 Å². The summed E-state index contributed by atoms with van der Waals surface area (Å²) >= 11 is 0. The van der Waals surface area contributed by atoms with Gasteiger partial charge in [0.1, 0.15) is 0 Å². The molecule has 144 valence electrons. The Morgan fingerprint density at radius 2 is 0.667 bits per heavy atom. The molecule has 24 heavy (non-hydrogen) atoms. The Hall–Kier alpha value is -2.49. The van der Waals surface area contributed by atoms with E-state index in [4.69, 9.17) is 30.6 Å². The van der Waals surface area contributed by atoms with Crippen molar-refractivity contribution in [1.29, 1.82) is 0 Å². The quantitative estimate of drug-likeness (QED) is 0.400. The van der Waals surface area contributed by atoms with E-state index in [9.17, 15) is 14.4 Å². The molecule has 0 aromatic heterocycles. The number of hydrogen-bond acceptors (Lipinski definition) is 6. The largest absolute Gasteiger partial charge is 0.478 e. The lowest BCUT2D eigenvalue weighted by Gasteiger charge is -1.64. The summed E-state index contributed by atoms with van der Waals surface area (Å²) in [6.45, 7) is 14.7. The zero-order valence-electron chi connectivity index (χ0n) is 14.4. The van der Waals surface area contributed by atoms with Crippen LogP contribution in [0.1, 0.15) is 20.8 Å². The van der Waals surface area contributed by atoms with Crippen LogP contribution in [-0.4, -0.2) is 68.4 Å². The molecule has 0 aliphatic heterocycles. The molecule has 0 aliphatic carbocycles. The number of carboxylic acid groups (broad SMARTS) is 3. The average molecular weight is 354 g/mol. The molecule has 6 N–H and O–H groups in total. The first-order valence-electron chi connectivity index (χ1n) is 6.44. The van der Waals surface area contributed by atoms with Gasteiger partial charge in [-0.05, 0) is 20.8 Å². The maximum atomic E-state index is 9.25. The monoisotopic (exact) mass is 354 g/mol. The van der Waals surface area contributed by atoms with Crippen molar-refractivity contribution in [2.24, 2.45) is 0 Å². The molecular formula is C15H30O9. The summed E-state index contributed by atoms with van der Waals surface area (Å²) in [5.41, 5.74) is 0. The van der Waals surface area contributed by atoms with Crippen LogP contribution in [0.15, 0.2) is 38.0 Å². The van der Waals surface area contributed by atoms with Gasteiger partial charge < -0.3 is 30.6 Å². The van der Waals surface area contributed by atoms with Gasteiger partial charge in [0.05, 0.1) is 0 Å². The van der Waals surface area contributed by atoms with Gasteiger partial charge in [0, 0.05) is 38.0 Å². The van der Waals surface area contributed by atoms with E-state index < -0.39 is 17.9 Å². The van der Waals surface area contributed by atoms with Gasteiger partial charge in [-0.2, -0.15) is 0 Å². The number of rotatable bonds is 3. The van der Waals surface area contributed by atoms with Gasteiger partial charge >= 0.3 is 17.9 Å². The molecule has 0 aliphatic rings. The van der Waals surface area contributed by atoms with Crippen LogP contribution in [0.25, 0.3) is 0 Å². The van der Waals surface area contributed by atoms with Crippen LogP contribution in [0.4, 0.5) is 0 Å². The summed E-state index contributed by atoms with van der Waals surface area (Å²) in [6.07, 6.45) is 2.50. The molecule has 0 amide bonds.